The van der Waals surface area contributed by atoms with E-state index in [1.165, 1.54) is 23.7 Å². The number of nitrogens with zero attached hydrogens (tertiary/aromatic N) is 6. The summed E-state index contributed by atoms with van der Waals surface area (Å²) in [4.78, 5) is 27.7. The van der Waals surface area contributed by atoms with Crippen molar-refractivity contribution in [3.05, 3.63) is 53.1 Å². The molecule has 4 aromatic rings. The summed E-state index contributed by atoms with van der Waals surface area (Å²) in [6.45, 7) is 0. The lowest BCUT2D eigenvalue weighted by atomic mass is 9.86. The normalized spacial score (nSPS) is 23.3. The van der Waals surface area contributed by atoms with Crippen LogP contribution in [0.25, 0.3) is 16.0 Å². The van der Waals surface area contributed by atoms with Gasteiger partial charge in [-0.2, -0.15) is 10.1 Å². The van der Waals surface area contributed by atoms with Gasteiger partial charge in [0, 0.05) is 23.6 Å². The van der Waals surface area contributed by atoms with Crippen molar-refractivity contribution in [3.8, 4) is 0 Å². The van der Waals surface area contributed by atoms with Crippen molar-refractivity contribution in [3.63, 3.8) is 0 Å². The van der Waals surface area contributed by atoms with Gasteiger partial charge in [-0.25, -0.2) is 23.3 Å². The molecule has 2 aliphatic heterocycles. The number of carbonyl (C=O) groups excluding carboxylic acids is 1. The maximum absolute atomic E-state index is 13.5. The minimum atomic E-state index is -2.69. The van der Waals surface area contributed by atoms with E-state index < -0.39 is 6.43 Å². The molecular formula is C21H18F2N6OS. The third-order valence-electron chi connectivity index (χ3n) is 6.54. The number of rotatable bonds is 3. The molecule has 2 saturated heterocycles. The summed E-state index contributed by atoms with van der Waals surface area (Å²) < 4.78 is 29.5. The Balaban J connectivity index is 1.40. The van der Waals surface area contributed by atoms with Crippen molar-refractivity contribution < 1.29 is 13.6 Å². The van der Waals surface area contributed by atoms with Crippen molar-refractivity contribution in [2.24, 2.45) is 0 Å². The number of carbonyl (C=O) groups is 1. The van der Waals surface area contributed by atoms with Crippen LogP contribution in [0.15, 0.2) is 36.1 Å². The second-order valence-electron chi connectivity index (χ2n) is 8.11. The van der Waals surface area contributed by atoms with Gasteiger partial charge in [-0.15, -0.1) is 11.3 Å². The molecule has 0 radical (unpaired) electrons. The summed E-state index contributed by atoms with van der Waals surface area (Å²) in [7, 11) is 0. The topological polar surface area (TPSA) is 76.3 Å². The van der Waals surface area contributed by atoms with Crippen LogP contribution in [0.1, 0.15) is 59.8 Å². The Morgan fingerprint density at radius 1 is 1.13 bits per heavy atom. The van der Waals surface area contributed by atoms with Crippen LogP contribution in [-0.2, 0) is 0 Å². The molecule has 3 aromatic heterocycles. The molecule has 158 valence electrons. The van der Waals surface area contributed by atoms with Crippen LogP contribution in [0.5, 0.6) is 0 Å². The average Bonchev–Trinajstić information content (AvgIpc) is 3.50. The highest BCUT2D eigenvalue weighted by Gasteiger charge is 2.46. The van der Waals surface area contributed by atoms with Gasteiger partial charge in [0.1, 0.15) is 12.0 Å². The van der Waals surface area contributed by atoms with Crippen LogP contribution in [0.4, 0.5) is 8.78 Å². The van der Waals surface area contributed by atoms with Gasteiger partial charge in [0.25, 0.3) is 18.1 Å². The largest absolute Gasteiger partial charge is 0.332 e. The highest BCUT2D eigenvalue weighted by atomic mass is 32.1. The smallest absolute Gasteiger partial charge is 0.280 e. The highest BCUT2D eigenvalue weighted by Crippen LogP contribution is 2.45. The van der Waals surface area contributed by atoms with E-state index in [0.29, 0.717) is 11.3 Å². The van der Waals surface area contributed by atoms with E-state index in [0.717, 1.165) is 35.9 Å². The summed E-state index contributed by atoms with van der Waals surface area (Å²) in [5.41, 5.74) is 3.64. The van der Waals surface area contributed by atoms with Gasteiger partial charge in [0.05, 0.1) is 21.4 Å². The Morgan fingerprint density at radius 3 is 2.87 bits per heavy atom. The molecule has 31 heavy (non-hydrogen) atoms. The maximum Gasteiger partial charge on any atom is 0.280 e. The van der Waals surface area contributed by atoms with Crippen molar-refractivity contribution in [2.75, 3.05) is 0 Å². The van der Waals surface area contributed by atoms with Gasteiger partial charge in [0.15, 0.2) is 0 Å². The lowest BCUT2D eigenvalue weighted by Crippen LogP contribution is -2.47. The summed E-state index contributed by atoms with van der Waals surface area (Å²) in [5, 5.41) is 4.22. The zero-order chi connectivity index (χ0) is 21.1. The first-order valence-electron chi connectivity index (χ1n) is 10.2. The molecule has 2 fully saturated rings. The number of aromatic nitrogens is 5. The minimum Gasteiger partial charge on any atom is -0.332 e. The Hall–Kier alpha value is -3.01. The van der Waals surface area contributed by atoms with Crippen LogP contribution in [0.3, 0.4) is 0 Å². The number of hydrogen-bond acceptors (Lipinski definition) is 6. The molecule has 6 rings (SSSR count). The van der Waals surface area contributed by atoms with E-state index >= 15 is 0 Å². The first-order chi connectivity index (χ1) is 15.1. The maximum atomic E-state index is 13.5. The van der Waals surface area contributed by atoms with Crippen molar-refractivity contribution >= 4 is 33.2 Å². The molecule has 5 heterocycles. The molecular weight excluding hydrogens is 422 g/mol. The molecule has 1 aromatic carbocycles. The van der Waals surface area contributed by atoms with Gasteiger partial charge in [-0.3, -0.25) is 4.79 Å². The zero-order valence-corrected chi connectivity index (χ0v) is 17.2. The van der Waals surface area contributed by atoms with E-state index in [4.69, 9.17) is 0 Å². The molecule has 0 saturated carbocycles. The molecule has 10 heteroatoms. The molecule has 0 unspecified atom stereocenters. The van der Waals surface area contributed by atoms with E-state index in [1.54, 1.807) is 10.0 Å². The van der Waals surface area contributed by atoms with Gasteiger partial charge in [0.2, 0.25) is 0 Å². The average molecular weight is 440 g/mol. The number of fused-ring (bicyclic) bond motifs is 4. The molecule has 0 spiro atoms. The molecule has 2 aliphatic rings. The SMILES string of the molecule is O=C(c1ccc2ncsc2c1)N1[C@H]2CC[C@H](c3cc(C(F)F)nc4ncnn34)[C@@H]1CC2. The minimum absolute atomic E-state index is 0.00882. The lowest BCUT2D eigenvalue weighted by Gasteiger charge is -2.40. The van der Waals surface area contributed by atoms with E-state index in [-0.39, 0.29) is 35.4 Å². The molecule has 0 aliphatic carbocycles. The second kappa shape index (κ2) is 7.01. The molecule has 7 nitrogen and oxygen atoms in total. The van der Waals surface area contributed by atoms with E-state index in [9.17, 15) is 13.6 Å². The highest BCUT2D eigenvalue weighted by molar-refractivity contribution is 7.16. The Kier molecular flexibility index (Phi) is 4.24. The molecule has 2 bridgehead atoms. The van der Waals surface area contributed by atoms with Gasteiger partial charge in [-0.05, 0) is 49.9 Å². The van der Waals surface area contributed by atoms with Crippen molar-refractivity contribution in [2.45, 2.75) is 50.1 Å². The number of alkyl halides is 2. The summed E-state index contributed by atoms with van der Waals surface area (Å²) in [6, 6.07) is 7.14. The molecule has 0 N–H and O–H groups in total. The van der Waals surface area contributed by atoms with E-state index in [2.05, 4.69) is 20.1 Å². The van der Waals surface area contributed by atoms with Crippen molar-refractivity contribution in [1.82, 2.24) is 29.5 Å². The van der Waals surface area contributed by atoms with Crippen LogP contribution < -0.4 is 0 Å². The Labute approximate surface area is 179 Å². The number of piperidine rings is 1. The molecule has 1 amide bonds. The predicted molar refractivity (Wildman–Crippen MR) is 110 cm³/mol. The first kappa shape index (κ1) is 18.7. The number of benzene rings is 1. The summed E-state index contributed by atoms with van der Waals surface area (Å²) >= 11 is 1.51. The molecule has 3 atom stereocenters. The third-order valence-corrected chi connectivity index (χ3v) is 7.33. The summed E-state index contributed by atoms with van der Waals surface area (Å²) in [5.74, 6) is 0.0615. The predicted octanol–water partition coefficient (Wildman–Crippen LogP) is 4.22. The Morgan fingerprint density at radius 2 is 2.00 bits per heavy atom. The van der Waals surface area contributed by atoms with Crippen molar-refractivity contribution in [1.29, 1.82) is 0 Å². The van der Waals surface area contributed by atoms with E-state index in [1.807, 2.05) is 23.1 Å². The van der Waals surface area contributed by atoms with Gasteiger partial charge < -0.3 is 4.90 Å². The van der Waals surface area contributed by atoms with Crippen LogP contribution >= 0.6 is 11.3 Å². The number of hydrogen-bond donors (Lipinski definition) is 0. The van der Waals surface area contributed by atoms with Crippen LogP contribution in [-0.4, -0.2) is 47.5 Å². The standard InChI is InChI=1S/C21H18F2N6OS/c22-19(23)15-8-17(29-21(27-15)24-9-26-29)13-4-2-12-3-6-16(13)28(12)20(30)11-1-5-14-18(7-11)31-10-25-14/h1,5,7-10,12-13,16,19H,2-4,6H2/t12-,13-,16-/m0/s1. The number of halogens is 2. The van der Waals surface area contributed by atoms with Crippen LogP contribution in [0, 0.1) is 0 Å². The Bertz CT molecular complexity index is 1300. The number of amides is 1. The van der Waals surface area contributed by atoms with Gasteiger partial charge >= 0.3 is 0 Å². The lowest BCUT2D eigenvalue weighted by molar-refractivity contribution is 0.0554. The quantitative estimate of drug-likeness (QED) is 0.477. The zero-order valence-electron chi connectivity index (χ0n) is 16.4. The summed E-state index contributed by atoms with van der Waals surface area (Å²) in [6.07, 6.45) is 2.04. The van der Waals surface area contributed by atoms with Crippen LogP contribution in [0.2, 0.25) is 0 Å². The fraction of sp³-hybridized carbons (Fsp3) is 0.381. The van der Waals surface area contributed by atoms with Gasteiger partial charge in [-0.1, -0.05) is 0 Å². The fourth-order valence-electron chi connectivity index (χ4n) is 5.18. The number of thiazole rings is 1. The monoisotopic (exact) mass is 440 g/mol. The third kappa shape index (κ3) is 2.92. The first-order valence-corrected chi connectivity index (χ1v) is 11.1. The second-order valence-corrected chi connectivity index (χ2v) is 8.99. The fourth-order valence-corrected chi connectivity index (χ4v) is 5.90.